The maximum atomic E-state index is 12.2. The molecule has 0 saturated carbocycles. The number of hydrogen-bond donors (Lipinski definition) is 2. The molecule has 1 aliphatic rings. The molecule has 3 atom stereocenters. The first-order valence-electron chi connectivity index (χ1n) is 8.01. The van der Waals surface area contributed by atoms with Gasteiger partial charge in [-0.3, -0.25) is 4.79 Å². The summed E-state index contributed by atoms with van der Waals surface area (Å²) in [5.41, 5.74) is 1.95. The molecule has 126 valence electrons. The smallest absolute Gasteiger partial charge is 0.252 e. The van der Waals surface area contributed by atoms with E-state index in [1.54, 1.807) is 0 Å². The van der Waals surface area contributed by atoms with E-state index in [4.69, 9.17) is 9.47 Å². The molecule has 0 radical (unpaired) electrons. The first-order chi connectivity index (χ1) is 11.7. The van der Waals surface area contributed by atoms with Gasteiger partial charge in [0.25, 0.3) is 5.91 Å². The van der Waals surface area contributed by atoms with Gasteiger partial charge in [0.15, 0.2) is 6.10 Å². The summed E-state index contributed by atoms with van der Waals surface area (Å²) in [7, 11) is 0. The molecule has 1 amide bonds. The van der Waals surface area contributed by atoms with E-state index in [9.17, 15) is 9.90 Å². The van der Waals surface area contributed by atoms with Crippen LogP contribution in [0.4, 0.5) is 0 Å². The number of β-amino-alcohol motifs (C(OH)–C–C–N with tert-alkyl or cyclic N) is 1. The van der Waals surface area contributed by atoms with Crippen molar-refractivity contribution in [3.05, 3.63) is 71.8 Å². The molecule has 24 heavy (non-hydrogen) atoms. The molecule has 1 saturated heterocycles. The SMILES string of the molecule is O=C1NC[C@@H](O)[C@H](OCc2ccccc2)[C@H]1OCc1ccccc1. The summed E-state index contributed by atoms with van der Waals surface area (Å²) in [5, 5.41) is 12.9. The average Bonchev–Trinajstić information content (AvgIpc) is 2.63. The molecule has 1 fully saturated rings. The molecule has 2 aromatic rings. The lowest BCUT2D eigenvalue weighted by atomic mass is 10.0. The van der Waals surface area contributed by atoms with Crippen LogP contribution in [0.25, 0.3) is 0 Å². The second-order valence-electron chi connectivity index (χ2n) is 5.79. The van der Waals surface area contributed by atoms with E-state index >= 15 is 0 Å². The number of rotatable bonds is 6. The molecule has 0 bridgehead atoms. The fourth-order valence-electron chi connectivity index (χ4n) is 2.67. The summed E-state index contributed by atoms with van der Waals surface area (Å²) in [6.07, 6.45) is -2.33. The highest BCUT2D eigenvalue weighted by Crippen LogP contribution is 2.18. The third kappa shape index (κ3) is 4.20. The van der Waals surface area contributed by atoms with Gasteiger partial charge in [-0.1, -0.05) is 60.7 Å². The van der Waals surface area contributed by atoms with Crippen molar-refractivity contribution in [1.29, 1.82) is 0 Å². The zero-order valence-electron chi connectivity index (χ0n) is 13.3. The lowest BCUT2D eigenvalue weighted by Crippen LogP contribution is -2.59. The van der Waals surface area contributed by atoms with E-state index in [2.05, 4.69) is 5.32 Å². The van der Waals surface area contributed by atoms with Crippen LogP contribution in [0.5, 0.6) is 0 Å². The van der Waals surface area contributed by atoms with Gasteiger partial charge in [-0.25, -0.2) is 0 Å². The van der Waals surface area contributed by atoms with Crippen LogP contribution in [0, 0.1) is 0 Å². The van der Waals surface area contributed by atoms with Gasteiger partial charge in [-0.2, -0.15) is 0 Å². The van der Waals surface area contributed by atoms with Crippen LogP contribution >= 0.6 is 0 Å². The van der Waals surface area contributed by atoms with Gasteiger partial charge in [0.1, 0.15) is 12.2 Å². The quantitative estimate of drug-likeness (QED) is 0.846. The predicted octanol–water partition coefficient (Wildman–Crippen LogP) is 1.65. The monoisotopic (exact) mass is 327 g/mol. The lowest BCUT2D eigenvalue weighted by Gasteiger charge is -2.34. The van der Waals surface area contributed by atoms with Gasteiger partial charge in [-0.15, -0.1) is 0 Å². The molecule has 0 aromatic heterocycles. The number of ether oxygens (including phenoxy) is 2. The topological polar surface area (TPSA) is 67.8 Å². The zero-order valence-corrected chi connectivity index (χ0v) is 13.3. The molecule has 0 unspecified atom stereocenters. The van der Waals surface area contributed by atoms with Crippen molar-refractivity contribution in [2.24, 2.45) is 0 Å². The number of carbonyl (C=O) groups excluding carboxylic acids is 1. The number of aliphatic hydroxyl groups excluding tert-OH is 1. The van der Waals surface area contributed by atoms with Gasteiger partial charge in [-0.05, 0) is 11.1 Å². The molecule has 2 aromatic carbocycles. The van der Waals surface area contributed by atoms with Crippen LogP contribution in [0.15, 0.2) is 60.7 Å². The summed E-state index contributed by atoms with van der Waals surface area (Å²) in [5.74, 6) is -0.255. The van der Waals surface area contributed by atoms with E-state index in [-0.39, 0.29) is 19.1 Å². The van der Waals surface area contributed by atoms with Crippen molar-refractivity contribution in [2.75, 3.05) is 6.54 Å². The van der Waals surface area contributed by atoms with Crippen molar-refractivity contribution in [2.45, 2.75) is 31.5 Å². The Morgan fingerprint density at radius 2 is 1.46 bits per heavy atom. The average molecular weight is 327 g/mol. The van der Waals surface area contributed by atoms with Gasteiger partial charge in [0, 0.05) is 6.54 Å². The summed E-state index contributed by atoms with van der Waals surface area (Å²) in [4.78, 5) is 12.2. The largest absolute Gasteiger partial charge is 0.388 e. The van der Waals surface area contributed by atoms with Gasteiger partial charge in [0.05, 0.1) is 13.2 Å². The molecular weight excluding hydrogens is 306 g/mol. The highest BCUT2D eigenvalue weighted by molar-refractivity contribution is 5.82. The van der Waals surface area contributed by atoms with Crippen LogP contribution in [0.2, 0.25) is 0 Å². The number of hydrogen-bond acceptors (Lipinski definition) is 4. The van der Waals surface area contributed by atoms with E-state index in [0.717, 1.165) is 11.1 Å². The number of carbonyl (C=O) groups is 1. The van der Waals surface area contributed by atoms with E-state index in [1.165, 1.54) is 0 Å². The highest BCUT2D eigenvalue weighted by atomic mass is 16.6. The van der Waals surface area contributed by atoms with Gasteiger partial charge >= 0.3 is 0 Å². The summed E-state index contributed by atoms with van der Waals surface area (Å²) < 4.78 is 11.6. The van der Waals surface area contributed by atoms with Crippen molar-refractivity contribution in [1.82, 2.24) is 5.32 Å². The molecule has 5 heteroatoms. The van der Waals surface area contributed by atoms with Gasteiger partial charge in [0.2, 0.25) is 0 Å². The molecule has 2 N–H and O–H groups in total. The Kier molecular flexibility index (Phi) is 5.59. The second kappa shape index (κ2) is 8.06. The van der Waals surface area contributed by atoms with E-state index in [0.29, 0.717) is 6.61 Å². The fraction of sp³-hybridized carbons (Fsp3) is 0.316. The molecule has 0 spiro atoms. The third-order valence-corrected chi connectivity index (χ3v) is 3.98. The minimum absolute atomic E-state index is 0.170. The fourth-order valence-corrected chi connectivity index (χ4v) is 2.67. The normalized spacial score (nSPS) is 23.7. The highest BCUT2D eigenvalue weighted by Gasteiger charge is 2.39. The van der Waals surface area contributed by atoms with Crippen LogP contribution in [-0.4, -0.2) is 35.9 Å². The number of benzene rings is 2. The van der Waals surface area contributed by atoms with Crippen molar-refractivity contribution in [3.63, 3.8) is 0 Å². The van der Waals surface area contributed by atoms with Crippen molar-refractivity contribution < 1.29 is 19.4 Å². The molecule has 5 nitrogen and oxygen atoms in total. The first kappa shape index (κ1) is 16.6. The van der Waals surface area contributed by atoms with Crippen molar-refractivity contribution >= 4 is 5.91 Å². The maximum Gasteiger partial charge on any atom is 0.252 e. The number of aliphatic hydroxyl groups is 1. The Labute approximate surface area is 141 Å². The van der Waals surface area contributed by atoms with Crippen LogP contribution in [0.3, 0.4) is 0 Å². The first-order valence-corrected chi connectivity index (χ1v) is 8.01. The minimum Gasteiger partial charge on any atom is -0.388 e. The van der Waals surface area contributed by atoms with Crippen molar-refractivity contribution in [3.8, 4) is 0 Å². The standard InChI is InChI=1S/C19H21NO4/c21-16-11-20-19(22)18(24-13-15-9-5-2-6-10-15)17(16)23-12-14-7-3-1-4-8-14/h1-10,16-18,21H,11-13H2,(H,20,22)/t16-,17+,18-/m1/s1. The van der Waals surface area contributed by atoms with Gasteiger partial charge < -0.3 is 19.9 Å². The Morgan fingerprint density at radius 1 is 0.917 bits per heavy atom. The van der Waals surface area contributed by atoms with E-state index in [1.807, 2.05) is 60.7 Å². The van der Waals surface area contributed by atoms with Crippen LogP contribution < -0.4 is 5.32 Å². The maximum absolute atomic E-state index is 12.2. The molecule has 1 aliphatic heterocycles. The molecular formula is C19H21NO4. The Hall–Kier alpha value is -2.21. The van der Waals surface area contributed by atoms with Crippen LogP contribution in [-0.2, 0) is 27.5 Å². The number of nitrogens with one attached hydrogen (secondary N) is 1. The van der Waals surface area contributed by atoms with Crippen LogP contribution in [0.1, 0.15) is 11.1 Å². The zero-order chi connectivity index (χ0) is 16.8. The summed E-state index contributed by atoms with van der Waals surface area (Å²) in [6, 6.07) is 19.3. The minimum atomic E-state index is -0.835. The van der Waals surface area contributed by atoms with E-state index < -0.39 is 18.3 Å². The molecule has 3 rings (SSSR count). The number of amides is 1. The summed E-state index contributed by atoms with van der Waals surface area (Å²) >= 11 is 0. The Bertz CT molecular complexity index is 647. The Morgan fingerprint density at radius 3 is 2.04 bits per heavy atom. The Balaban J connectivity index is 1.64. The third-order valence-electron chi connectivity index (χ3n) is 3.98. The molecule has 1 heterocycles. The summed E-state index contributed by atoms with van der Waals surface area (Å²) in [6.45, 7) is 0.779. The number of piperidine rings is 1. The lowest BCUT2D eigenvalue weighted by molar-refractivity contribution is -0.170. The molecule has 0 aliphatic carbocycles. The second-order valence-corrected chi connectivity index (χ2v) is 5.79. The predicted molar refractivity (Wildman–Crippen MR) is 89.1 cm³/mol.